The Hall–Kier alpha value is -2.83. The van der Waals surface area contributed by atoms with Crippen LogP contribution >= 0.6 is 0 Å². The highest BCUT2D eigenvalue weighted by Crippen LogP contribution is 2.17. The summed E-state index contributed by atoms with van der Waals surface area (Å²) < 4.78 is 23.7. The Morgan fingerprint density at radius 3 is 1.62 bits per heavy atom. The maximum atomic E-state index is 12.0. The fraction of sp³-hybridized carbons (Fsp3) is 0.296. The predicted octanol–water partition coefficient (Wildman–Crippen LogP) is 4.59. The quantitative estimate of drug-likeness (QED) is 0.348. The molecule has 0 spiro atoms. The molecular weight excluding hydrogens is 404 g/mol. The van der Waals surface area contributed by atoms with Crippen molar-refractivity contribution >= 4 is 6.29 Å². The lowest BCUT2D eigenvalue weighted by Crippen LogP contribution is -2.45. The van der Waals surface area contributed by atoms with Gasteiger partial charge < -0.3 is 23.7 Å². The molecule has 0 aliphatic rings. The summed E-state index contributed by atoms with van der Waals surface area (Å²) >= 11 is 0. The molecule has 0 N–H and O–H groups in total. The van der Waals surface area contributed by atoms with E-state index in [9.17, 15) is 4.79 Å². The summed E-state index contributed by atoms with van der Waals surface area (Å²) in [4.78, 5) is 12.0. The van der Waals surface area contributed by atoms with Crippen LogP contribution in [0.25, 0.3) is 0 Å². The van der Waals surface area contributed by atoms with Gasteiger partial charge in [-0.05, 0) is 16.7 Å². The molecule has 0 amide bonds. The van der Waals surface area contributed by atoms with E-state index in [1.54, 1.807) is 7.11 Å². The Morgan fingerprint density at radius 2 is 1.16 bits per heavy atom. The molecule has 0 bridgehead atoms. The zero-order valence-corrected chi connectivity index (χ0v) is 18.3. The number of aldehydes is 1. The van der Waals surface area contributed by atoms with E-state index in [1.165, 1.54) is 0 Å². The van der Waals surface area contributed by atoms with E-state index in [0.717, 1.165) is 23.0 Å². The molecule has 0 saturated carbocycles. The van der Waals surface area contributed by atoms with Crippen LogP contribution in [0.3, 0.4) is 0 Å². The molecule has 0 aliphatic carbocycles. The van der Waals surface area contributed by atoms with Crippen LogP contribution in [0, 0.1) is 0 Å². The van der Waals surface area contributed by atoms with Gasteiger partial charge in [-0.15, -0.1) is 0 Å². The van der Waals surface area contributed by atoms with Crippen molar-refractivity contribution in [3.8, 4) is 0 Å². The fourth-order valence-corrected chi connectivity index (χ4v) is 3.32. The van der Waals surface area contributed by atoms with E-state index >= 15 is 0 Å². The first kappa shape index (κ1) is 23.8. The number of hydrogen-bond donors (Lipinski definition) is 0. The summed E-state index contributed by atoms with van der Waals surface area (Å²) in [6.07, 6.45) is -1.13. The van der Waals surface area contributed by atoms with Gasteiger partial charge in [0.05, 0.1) is 26.4 Å². The van der Waals surface area contributed by atoms with E-state index < -0.39 is 18.3 Å². The zero-order valence-electron chi connectivity index (χ0n) is 18.3. The number of rotatable bonds is 14. The largest absolute Gasteiger partial charge is 0.376 e. The molecule has 0 heterocycles. The highest BCUT2D eigenvalue weighted by molar-refractivity contribution is 5.57. The van der Waals surface area contributed by atoms with Crippen LogP contribution in [-0.4, -0.2) is 38.3 Å². The maximum absolute atomic E-state index is 12.0. The standard InChI is InChI=1S/C27H30O5/c1-29-26(21-30-18-22-11-5-2-6-12-22)27(32-20-24-15-9-4-10-16-24)25(17-28)31-19-23-13-7-3-8-14-23/h2-17,25-27H,18-21H2,1H3/t25-,26-,27-/m0/s1. The van der Waals surface area contributed by atoms with Gasteiger partial charge in [0.25, 0.3) is 0 Å². The third-order valence-electron chi connectivity index (χ3n) is 5.09. The number of ether oxygens (including phenoxy) is 4. The van der Waals surface area contributed by atoms with Gasteiger partial charge in [-0.25, -0.2) is 0 Å². The molecule has 0 aromatic heterocycles. The first-order valence-electron chi connectivity index (χ1n) is 10.7. The molecule has 3 rings (SSSR count). The summed E-state index contributed by atoms with van der Waals surface area (Å²) in [5.74, 6) is 0. The summed E-state index contributed by atoms with van der Waals surface area (Å²) in [6, 6.07) is 29.5. The third kappa shape index (κ3) is 7.70. The van der Waals surface area contributed by atoms with Gasteiger partial charge in [-0.2, -0.15) is 0 Å². The molecule has 0 unspecified atom stereocenters. The van der Waals surface area contributed by atoms with E-state index in [0.29, 0.717) is 19.8 Å². The van der Waals surface area contributed by atoms with Crippen molar-refractivity contribution in [3.05, 3.63) is 108 Å². The van der Waals surface area contributed by atoms with E-state index in [1.807, 2.05) is 91.0 Å². The predicted molar refractivity (Wildman–Crippen MR) is 123 cm³/mol. The highest BCUT2D eigenvalue weighted by atomic mass is 16.6. The molecule has 0 saturated heterocycles. The number of hydrogen-bond acceptors (Lipinski definition) is 5. The molecule has 0 aliphatic heterocycles. The molecule has 3 aromatic carbocycles. The van der Waals surface area contributed by atoms with Gasteiger partial charge in [0, 0.05) is 7.11 Å². The average Bonchev–Trinajstić information content (AvgIpc) is 2.86. The molecule has 5 nitrogen and oxygen atoms in total. The molecular formula is C27H30O5. The fourth-order valence-electron chi connectivity index (χ4n) is 3.32. The second-order valence-corrected chi connectivity index (χ2v) is 7.43. The minimum atomic E-state index is -0.802. The molecule has 168 valence electrons. The Balaban J connectivity index is 1.66. The van der Waals surface area contributed by atoms with E-state index in [2.05, 4.69) is 0 Å². The van der Waals surface area contributed by atoms with Gasteiger partial charge in [0.1, 0.15) is 18.3 Å². The van der Waals surface area contributed by atoms with Gasteiger partial charge in [-0.1, -0.05) is 91.0 Å². The Labute approximate surface area is 189 Å². The lowest BCUT2D eigenvalue weighted by atomic mass is 10.1. The van der Waals surface area contributed by atoms with Gasteiger partial charge in [0.15, 0.2) is 6.29 Å². The average molecular weight is 435 g/mol. The second kappa shape index (κ2) is 13.6. The van der Waals surface area contributed by atoms with Crippen molar-refractivity contribution in [2.75, 3.05) is 13.7 Å². The molecule has 5 heteroatoms. The van der Waals surface area contributed by atoms with Gasteiger partial charge in [-0.3, -0.25) is 0 Å². The summed E-state index contributed by atoms with van der Waals surface area (Å²) in [6.45, 7) is 1.35. The lowest BCUT2D eigenvalue weighted by molar-refractivity contribution is -0.161. The zero-order chi connectivity index (χ0) is 22.4. The first-order valence-corrected chi connectivity index (χ1v) is 10.7. The van der Waals surface area contributed by atoms with Crippen molar-refractivity contribution in [1.29, 1.82) is 0 Å². The van der Waals surface area contributed by atoms with Crippen LogP contribution in [-0.2, 0) is 43.6 Å². The van der Waals surface area contributed by atoms with Crippen molar-refractivity contribution in [2.24, 2.45) is 0 Å². The number of benzene rings is 3. The van der Waals surface area contributed by atoms with Crippen LogP contribution in [0.2, 0.25) is 0 Å². The monoisotopic (exact) mass is 434 g/mol. The molecule has 0 fully saturated rings. The minimum absolute atomic E-state index is 0.268. The normalized spacial score (nSPS) is 13.9. The van der Waals surface area contributed by atoms with Crippen molar-refractivity contribution in [3.63, 3.8) is 0 Å². The van der Waals surface area contributed by atoms with Crippen LogP contribution in [0.1, 0.15) is 16.7 Å². The second-order valence-electron chi connectivity index (χ2n) is 7.43. The van der Waals surface area contributed by atoms with Crippen LogP contribution in [0.4, 0.5) is 0 Å². The first-order chi connectivity index (χ1) is 15.8. The topological polar surface area (TPSA) is 54.0 Å². The molecule has 3 aromatic rings. The van der Waals surface area contributed by atoms with E-state index in [-0.39, 0.29) is 6.61 Å². The molecule has 0 radical (unpaired) electrons. The summed E-state index contributed by atoms with van der Waals surface area (Å²) in [5, 5.41) is 0. The SMILES string of the molecule is CO[C@@H](COCc1ccccc1)[C@@H](OCc1ccccc1)[C@H](C=O)OCc1ccccc1. The Bertz CT molecular complexity index is 886. The third-order valence-corrected chi connectivity index (χ3v) is 5.09. The molecule has 32 heavy (non-hydrogen) atoms. The van der Waals surface area contributed by atoms with Gasteiger partial charge in [0.2, 0.25) is 0 Å². The van der Waals surface area contributed by atoms with Crippen molar-refractivity contribution in [1.82, 2.24) is 0 Å². The lowest BCUT2D eigenvalue weighted by Gasteiger charge is -2.30. The van der Waals surface area contributed by atoms with Crippen molar-refractivity contribution < 1.29 is 23.7 Å². The van der Waals surface area contributed by atoms with Gasteiger partial charge >= 0.3 is 0 Å². The summed E-state index contributed by atoms with van der Waals surface area (Å²) in [7, 11) is 1.59. The molecule has 3 atom stereocenters. The number of methoxy groups -OCH3 is 1. The van der Waals surface area contributed by atoms with Crippen molar-refractivity contribution in [2.45, 2.75) is 38.1 Å². The van der Waals surface area contributed by atoms with E-state index in [4.69, 9.17) is 18.9 Å². The Morgan fingerprint density at radius 1 is 0.688 bits per heavy atom. The van der Waals surface area contributed by atoms with Crippen LogP contribution in [0.15, 0.2) is 91.0 Å². The summed E-state index contributed by atoms with van der Waals surface area (Å²) in [5.41, 5.74) is 3.05. The Kier molecular flexibility index (Phi) is 10.1. The maximum Gasteiger partial charge on any atom is 0.151 e. The van der Waals surface area contributed by atoms with Crippen LogP contribution < -0.4 is 0 Å². The van der Waals surface area contributed by atoms with Crippen LogP contribution in [0.5, 0.6) is 0 Å². The minimum Gasteiger partial charge on any atom is -0.376 e. The number of carbonyl (C=O) groups is 1. The smallest absolute Gasteiger partial charge is 0.151 e. The number of carbonyl (C=O) groups excluding carboxylic acids is 1. The highest BCUT2D eigenvalue weighted by Gasteiger charge is 2.32.